The highest BCUT2D eigenvalue weighted by atomic mass is 35.5. The van der Waals surface area contributed by atoms with Gasteiger partial charge in [-0.3, -0.25) is 0 Å². The van der Waals surface area contributed by atoms with Gasteiger partial charge in [0, 0.05) is 22.1 Å². The molecule has 0 saturated heterocycles. The first-order valence-electron chi connectivity index (χ1n) is 6.32. The first-order valence-corrected chi connectivity index (χ1v) is 7.58. The third-order valence-electron chi connectivity index (χ3n) is 2.89. The van der Waals surface area contributed by atoms with Crippen LogP contribution in [0.25, 0.3) is 11.5 Å². The van der Waals surface area contributed by atoms with Crippen molar-refractivity contribution in [2.24, 2.45) is 0 Å². The largest absolute Gasteiger partial charge is 0.237 e. The van der Waals surface area contributed by atoms with Crippen LogP contribution < -0.4 is 0 Å². The summed E-state index contributed by atoms with van der Waals surface area (Å²) < 4.78 is 0. The van der Waals surface area contributed by atoms with Crippen molar-refractivity contribution in [1.82, 2.24) is 15.0 Å². The Kier molecular flexibility index (Phi) is 3.92. The smallest absolute Gasteiger partial charge is 0.180 e. The average molecular weight is 296 g/mol. The third kappa shape index (κ3) is 2.95. The van der Waals surface area contributed by atoms with E-state index in [9.17, 15) is 0 Å². The Morgan fingerprint density at radius 2 is 1.89 bits per heavy atom. The summed E-state index contributed by atoms with van der Waals surface area (Å²) in [7, 11) is 0. The molecule has 0 aliphatic carbocycles. The predicted molar refractivity (Wildman–Crippen MR) is 81.0 cm³/mol. The lowest BCUT2D eigenvalue weighted by Gasteiger charge is -2.13. The Balaban J connectivity index is 2.46. The van der Waals surface area contributed by atoms with E-state index < -0.39 is 0 Å². The minimum Gasteiger partial charge on any atom is -0.237 e. The van der Waals surface area contributed by atoms with Crippen LogP contribution in [0, 0.1) is 6.92 Å². The van der Waals surface area contributed by atoms with Crippen molar-refractivity contribution in [3.05, 3.63) is 26.8 Å². The van der Waals surface area contributed by atoms with Crippen molar-refractivity contribution in [3.63, 3.8) is 0 Å². The van der Waals surface area contributed by atoms with Gasteiger partial charge >= 0.3 is 0 Å². The van der Waals surface area contributed by atoms with E-state index >= 15 is 0 Å². The summed E-state index contributed by atoms with van der Waals surface area (Å²) in [5.74, 6) is 0.617. The zero-order valence-corrected chi connectivity index (χ0v) is 13.5. The summed E-state index contributed by atoms with van der Waals surface area (Å²) in [4.78, 5) is 13.5. The van der Waals surface area contributed by atoms with E-state index in [1.807, 2.05) is 12.3 Å². The number of aryl methyl sites for hydroxylation is 1. The molecule has 2 aromatic rings. The molecule has 0 saturated carbocycles. The van der Waals surface area contributed by atoms with Crippen LogP contribution in [0.1, 0.15) is 44.0 Å². The van der Waals surface area contributed by atoms with Gasteiger partial charge in [-0.25, -0.2) is 15.0 Å². The SMILES string of the molecule is CCc1c(C)nc(-c2csc(C(C)(C)C)n2)nc1Cl. The van der Waals surface area contributed by atoms with Gasteiger partial charge in [0.2, 0.25) is 0 Å². The number of aromatic nitrogens is 3. The number of rotatable bonds is 2. The molecule has 0 N–H and O–H groups in total. The number of hydrogen-bond donors (Lipinski definition) is 0. The summed E-state index contributed by atoms with van der Waals surface area (Å²) in [6.45, 7) is 10.5. The summed E-state index contributed by atoms with van der Waals surface area (Å²) in [6.07, 6.45) is 0.843. The fraction of sp³-hybridized carbons (Fsp3) is 0.500. The molecule has 2 rings (SSSR count). The molecular weight excluding hydrogens is 278 g/mol. The van der Waals surface area contributed by atoms with Crippen LogP contribution in [0.2, 0.25) is 5.15 Å². The fourth-order valence-electron chi connectivity index (χ4n) is 1.80. The molecule has 19 heavy (non-hydrogen) atoms. The maximum atomic E-state index is 6.21. The summed E-state index contributed by atoms with van der Waals surface area (Å²) >= 11 is 7.84. The number of nitrogens with zero attached hydrogens (tertiary/aromatic N) is 3. The maximum absolute atomic E-state index is 6.21. The van der Waals surface area contributed by atoms with Gasteiger partial charge in [-0.2, -0.15) is 0 Å². The molecule has 0 aliphatic heterocycles. The zero-order valence-electron chi connectivity index (χ0n) is 11.9. The van der Waals surface area contributed by atoms with Gasteiger partial charge in [-0.1, -0.05) is 39.3 Å². The normalized spacial score (nSPS) is 11.9. The van der Waals surface area contributed by atoms with Crippen molar-refractivity contribution in [1.29, 1.82) is 0 Å². The van der Waals surface area contributed by atoms with Crippen LogP contribution >= 0.6 is 22.9 Å². The van der Waals surface area contributed by atoms with Gasteiger partial charge in [-0.15, -0.1) is 11.3 Å². The Bertz CT molecular complexity index is 576. The highest BCUT2D eigenvalue weighted by molar-refractivity contribution is 7.10. The molecule has 102 valence electrons. The molecule has 5 heteroatoms. The lowest BCUT2D eigenvalue weighted by atomic mass is 9.98. The van der Waals surface area contributed by atoms with Crippen LogP contribution in [0.15, 0.2) is 5.38 Å². The number of halogens is 1. The molecule has 0 atom stereocenters. The van der Waals surface area contributed by atoms with Gasteiger partial charge in [0.1, 0.15) is 10.8 Å². The van der Waals surface area contributed by atoms with Crippen molar-refractivity contribution in [3.8, 4) is 11.5 Å². The van der Waals surface area contributed by atoms with E-state index in [-0.39, 0.29) is 5.41 Å². The van der Waals surface area contributed by atoms with Crippen molar-refractivity contribution in [2.45, 2.75) is 46.5 Å². The van der Waals surface area contributed by atoms with E-state index in [1.165, 1.54) is 0 Å². The van der Waals surface area contributed by atoms with E-state index in [1.54, 1.807) is 11.3 Å². The van der Waals surface area contributed by atoms with Crippen molar-refractivity contribution in [2.75, 3.05) is 0 Å². The first-order chi connectivity index (χ1) is 8.82. The van der Waals surface area contributed by atoms with Gasteiger partial charge in [0.05, 0.1) is 5.01 Å². The molecule has 0 fully saturated rings. The minimum atomic E-state index is 0.0467. The quantitative estimate of drug-likeness (QED) is 0.770. The average Bonchev–Trinajstić information content (AvgIpc) is 2.77. The lowest BCUT2D eigenvalue weighted by molar-refractivity contribution is 0.586. The molecule has 3 nitrogen and oxygen atoms in total. The second-order valence-electron chi connectivity index (χ2n) is 5.54. The molecule has 0 bridgehead atoms. The van der Waals surface area contributed by atoms with Gasteiger partial charge < -0.3 is 0 Å². The molecule has 0 radical (unpaired) electrons. The Morgan fingerprint density at radius 3 is 2.37 bits per heavy atom. The summed E-state index contributed by atoms with van der Waals surface area (Å²) in [5, 5.41) is 3.62. The standard InChI is InChI=1S/C14H18ClN3S/c1-6-9-8(2)16-12(18-11(9)15)10-7-19-13(17-10)14(3,4)5/h7H,6H2,1-5H3. The monoisotopic (exact) mass is 295 g/mol. The van der Waals surface area contributed by atoms with Gasteiger partial charge in [0.15, 0.2) is 5.82 Å². The van der Waals surface area contributed by atoms with Crippen LogP contribution in [0.3, 0.4) is 0 Å². The van der Waals surface area contributed by atoms with Crippen molar-refractivity contribution >= 4 is 22.9 Å². The Morgan fingerprint density at radius 1 is 1.21 bits per heavy atom. The van der Waals surface area contributed by atoms with Crippen LogP contribution in [-0.4, -0.2) is 15.0 Å². The highest BCUT2D eigenvalue weighted by Crippen LogP contribution is 2.29. The topological polar surface area (TPSA) is 38.7 Å². The Hall–Kier alpha value is -1.00. The van der Waals surface area contributed by atoms with Crippen LogP contribution in [0.5, 0.6) is 0 Å². The van der Waals surface area contributed by atoms with Crippen LogP contribution in [0.4, 0.5) is 0 Å². The molecule has 2 heterocycles. The number of hydrogen-bond acceptors (Lipinski definition) is 4. The van der Waals surface area contributed by atoms with E-state index in [2.05, 4.69) is 42.6 Å². The number of thiazole rings is 1. The second-order valence-corrected chi connectivity index (χ2v) is 6.76. The molecule has 0 unspecified atom stereocenters. The molecule has 0 amide bonds. The Labute approximate surface area is 123 Å². The predicted octanol–water partition coefficient (Wildman–Crippen LogP) is 4.42. The highest BCUT2D eigenvalue weighted by Gasteiger charge is 2.20. The van der Waals surface area contributed by atoms with E-state index in [4.69, 9.17) is 11.6 Å². The zero-order chi connectivity index (χ0) is 14.2. The molecule has 0 aromatic carbocycles. The molecule has 0 spiro atoms. The van der Waals surface area contributed by atoms with E-state index in [0.717, 1.165) is 28.4 Å². The maximum Gasteiger partial charge on any atom is 0.180 e. The fourth-order valence-corrected chi connectivity index (χ4v) is 3.03. The van der Waals surface area contributed by atoms with E-state index in [0.29, 0.717) is 11.0 Å². The van der Waals surface area contributed by atoms with Gasteiger partial charge in [-0.05, 0) is 13.3 Å². The molecule has 2 aromatic heterocycles. The summed E-state index contributed by atoms with van der Waals surface area (Å²) in [6, 6.07) is 0. The molecular formula is C14H18ClN3S. The summed E-state index contributed by atoms with van der Waals surface area (Å²) in [5.41, 5.74) is 2.80. The minimum absolute atomic E-state index is 0.0467. The lowest BCUT2D eigenvalue weighted by Crippen LogP contribution is -2.10. The van der Waals surface area contributed by atoms with Crippen molar-refractivity contribution < 1.29 is 0 Å². The first kappa shape index (κ1) is 14.4. The van der Waals surface area contributed by atoms with Crippen LogP contribution in [-0.2, 0) is 11.8 Å². The van der Waals surface area contributed by atoms with Gasteiger partial charge in [0.25, 0.3) is 0 Å². The second kappa shape index (κ2) is 5.17. The third-order valence-corrected chi connectivity index (χ3v) is 4.47. The molecule has 0 aliphatic rings.